The minimum Gasteiger partial charge on any atom is -0.489 e. The number of rotatable bonds is 4. The Morgan fingerprint density at radius 3 is 2.67 bits per heavy atom. The van der Waals surface area contributed by atoms with E-state index in [1.807, 2.05) is 13.8 Å². The van der Waals surface area contributed by atoms with E-state index in [-0.39, 0.29) is 11.9 Å². The predicted octanol–water partition coefficient (Wildman–Crippen LogP) is 1.89. The second-order valence-electron chi connectivity index (χ2n) is 4.00. The smallest absolute Gasteiger partial charge is 0.214 e. The largest absolute Gasteiger partial charge is 0.489 e. The maximum Gasteiger partial charge on any atom is 0.214 e. The predicted molar refractivity (Wildman–Crippen MR) is 65.5 cm³/mol. The summed E-state index contributed by atoms with van der Waals surface area (Å²) in [5, 5.41) is 0. The zero-order chi connectivity index (χ0) is 13.0. The lowest BCUT2D eigenvalue weighted by molar-refractivity contribution is 0.103. The van der Waals surface area contributed by atoms with Crippen molar-refractivity contribution in [2.75, 3.05) is 0 Å². The molecule has 0 bridgehead atoms. The first-order valence-corrected chi connectivity index (χ1v) is 5.59. The standard InChI is InChI=1S/C13H13N3O2/c1-9(2)18-11-5-10(6-15-7-11)13(17)12-8-14-3-4-16-12/h3-9H,1-2H3. The summed E-state index contributed by atoms with van der Waals surface area (Å²) in [7, 11) is 0. The number of ketones is 1. The Kier molecular flexibility index (Phi) is 3.62. The Balaban J connectivity index is 2.26. The molecule has 0 spiro atoms. The molecule has 18 heavy (non-hydrogen) atoms. The molecule has 0 radical (unpaired) electrons. The Morgan fingerprint density at radius 1 is 1.17 bits per heavy atom. The Bertz CT molecular complexity index is 541. The third-order valence-electron chi connectivity index (χ3n) is 2.14. The summed E-state index contributed by atoms with van der Waals surface area (Å²) in [6.45, 7) is 3.83. The van der Waals surface area contributed by atoms with Gasteiger partial charge in [-0.15, -0.1) is 0 Å². The van der Waals surface area contributed by atoms with Crippen LogP contribution in [-0.2, 0) is 0 Å². The van der Waals surface area contributed by atoms with Crippen molar-refractivity contribution < 1.29 is 9.53 Å². The molecule has 0 aliphatic heterocycles. The van der Waals surface area contributed by atoms with E-state index in [2.05, 4.69) is 15.0 Å². The highest BCUT2D eigenvalue weighted by molar-refractivity contribution is 6.07. The molecule has 0 saturated heterocycles. The summed E-state index contributed by atoms with van der Waals surface area (Å²) in [5.74, 6) is 0.351. The highest BCUT2D eigenvalue weighted by atomic mass is 16.5. The first-order valence-electron chi connectivity index (χ1n) is 5.59. The van der Waals surface area contributed by atoms with Gasteiger partial charge in [0, 0.05) is 24.2 Å². The molecule has 2 heterocycles. The van der Waals surface area contributed by atoms with Gasteiger partial charge in [0.2, 0.25) is 5.78 Å². The second-order valence-corrected chi connectivity index (χ2v) is 4.00. The summed E-state index contributed by atoms with van der Waals surface area (Å²) in [4.78, 5) is 23.9. The van der Waals surface area contributed by atoms with E-state index < -0.39 is 0 Å². The topological polar surface area (TPSA) is 65.0 Å². The summed E-state index contributed by atoms with van der Waals surface area (Å²) in [6, 6.07) is 1.66. The lowest BCUT2D eigenvalue weighted by Crippen LogP contribution is -2.08. The molecule has 0 fully saturated rings. The molecular weight excluding hydrogens is 230 g/mol. The molecule has 2 aromatic rings. The number of nitrogens with zero attached hydrogens (tertiary/aromatic N) is 3. The molecule has 0 unspecified atom stereocenters. The zero-order valence-electron chi connectivity index (χ0n) is 10.2. The van der Waals surface area contributed by atoms with Crippen LogP contribution in [0.25, 0.3) is 0 Å². The Labute approximate surface area is 105 Å². The van der Waals surface area contributed by atoms with Crippen molar-refractivity contribution in [1.29, 1.82) is 0 Å². The van der Waals surface area contributed by atoms with Crippen molar-refractivity contribution in [3.8, 4) is 5.75 Å². The first kappa shape index (κ1) is 12.2. The molecule has 0 aliphatic rings. The number of carbonyl (C=O) groups excluding carboxylic acids is 1. The molecule has 92 valence electrons. The maximum absolute atomic E-state index is 12.1. The Morgan fingerprint density at radius 2 is 2.00 bits per heavy atom. The van der Waals surface area contributed by atoms with Gasteiger partial charge in [0.25, 0.3) is 0 Å². The maximum atomic E-state index is 12.1. The fourth-order valence-corrected chi connectivity index (χ4v) is 1.44. The third-order valence-corrected chi connectivity index (χ3v) is 2.14. The lowest BCUT2D eigenvalue weighted by Gasteiger charge is -2.09. The normalized spacial score (nSPS) is 10.4. The van der Waals surface area contributed by atoms with Crippen molar-refractivity contribution in [3.05, 3.63) is 48.3 Å². The number of pyridine rings is 1. The molecule has 0 aromatic carbocycles. The fraction of sp³-hybridized carbons (Fsp3) is 0.231. The van der Waals surface area contributed by atoms with Crippen LogP contribution in [0.15, 0.2) is 37.1 Å². The summed E-state index contributed by atoms with van der Waals surface area (Å²) < 4.78 is 5.49. The van der Waals surface area contributed by atoms with Crippen LogP contribution in [0.3, 0.4) is 0 Å². The van der Waals surface area contributed by atoms with Crippen LogP contribution in [-0.4, -0.2) is 26.8 Å². The fourth-order valence-electron chi connectivity index (χ4n) is 1.44. The van der Waals surface area contributed by atoms with Gasteiger partial charge in [-0.2, -0.15) is 0 Å². The van der Waals surface area contributed by atoms with Gasteiger partial charge in [-0.1, -0.05) is 0 Å². The van der Waals surface area contributed by atoms with Crippen LogP contribution < -0.4 is 4.74 Å². The van der Waals surface area contributed by atoms with Gasteiger partial charge >= 0.3 is 0 Å². The van der Waals surface area contributed by atoms with Crippen molar-refractivity contribution in [2.45, 2.75) is 20.0 Å². The van der Waals surface area contributed by atoms with Crippen molar-refractivity contribution in [2.24, 2.45) is 0 Å². The monoisotopic (exact) mass is 243 g/mol. The van der Waals surface area contributed by atoms with Gasteiger partial charge in [-0.3, -0.25) is 14.8 Å². The summed E-state index contributed by atoms with van der Waals surface area (Å²) >= 11 is 0. The quantitative estimate of drug-likeness (QED) is 0.767. The minimum absolute atomic E-state index is 0.0358. The molecule has 2 rings (SSSR count). The van der Waals surface area contributed by atoms with Crippen LogP contribution in [0.4, 0.5) is 0 Å². The average Bonchev–Trinajstić information content (AvgIpc) is 2.38. The third kappa shape index (κ3) is 2.88. The van der Waals surface area contributed by atoms with Crippen molar-refractivity contribution >= 4 is 5.78 Å². The molecule has 0 saturated carbocycles. The number of ether oxygens (including phenoxy) is 1. The van der Waals surface area contributed by atoms with Crippen LogP contribution in [0.5, 0.6) is 5.75 Å². The van der Waals surface area contributed by atoms with Crippen LogP contribution in [0.2, 0.25) is 0 Å². The van der Waals surface area contributed by atoms with E-state index >= 15 is 0 Å². The highest BCUT2D eigenvalue weighted by Crippen LogP contribution is 2.15. The number of aromatic nitrogens is 3. The van der Waals surface area contributed by atoms with E-state index in [4.69, 9.17) is 4.74 Å². The summed E-state index contributed by atoms with van der Waals surface area (Å²) in [6.07, 6.45) is 7.53. The molecule has 0 atom stereocenters. The minimum atomic E-state index is -0.218. The average molecular weight is 243 g/mol. The lowest BCUT2D eigenvalue weighted by atomic mass is 10.1. The van der Waals surface area contributed by atoms with Gasteiger partial charge in [0.15, 0.2) is 0 Å². The molecule has 0 aliphatic carbocycles. The molecule has 2 aromatic heterocycles. The molecule has 0 N–H and O–H groups in total. The van der Waals surface area contributed by atoms with E-state index in [1.165, 1.54) is 24.8 Å². The molecular formula is C13H13N3O2. The van der Waals surface area contributed by atoms with Crippen LogP contribution in [0.1, 0.15) is 29.9 Å². The van der Waals surface area contributed by atoms with E-state index in [0.29, 0.717) is 17.0 Å². The van der Waals surface area contributed by atoms with E-state index in [0.717, 1.165) is 0 Å². The van der Waals surface area contributed by atoms with E-state index in [1.54, 1.807) is 12.3 Å². The summed E-state index contributed by atoms with van der Waals surface area (Å²) in [5.41, 5.74) is 0.731. The zero-order valence-corrected chi connectivity index (χ0v) is 10.2. The van der Waals surface area contributed by atoms with Gasteiger partial charge in [-0.25, -0.2) is 4.98 Å². The van der Waals surface area contributed by atoms with Crippen LogP contribution in [0, 0.1) is 0 Å². The Hall–Kier alpha value is -2.30. The first-order chi connectivity index (χ1) is 8.66. The van der Waals surface area contributed by atoms with Crippen molar-refractivity contribution in [3.63, 3.8) is 0 Å². The van der Waals surface area contributed by atoms with Gasteiger partial charge in [-0.05, 0) is 19.9 Å². The second kappa shape index (κ2) is 5.35. The molecule has 5 nitrogen and oxygen atoms in total. The number of hydrogen-bond acceptors (Lipinski definition) is 5. The number of carbonyl (C=O) groups is 1. The SMILES string of the molecule is CC(C)Oc1cncc(C(=O)c2cnccn2)c1. The highest BCUT2D eigenvalue weighted by Gasteiger charge is 2.12. The van der Waals surface area contributed by atoms with Crippen LogP contribution >= 0.6 is 0 Å². The molecule has 0 amide bonds. The van der Waals surface area contributed by atoms with E-state index in [9.17, 15) is 4.79 Å². The van der Waals surface area contributed by atoms with Gasteiger partial charge in [0.1, 0.15) is 11.4 Å². The van der Waals surface area contributed by atoms with Gasteiger partial charge < -0.3 is 4.74 Å². The number of hydrogen-bond donors (Lipinski definition) is 0. The van der Waals surface area contributed by atoms with Crippen molar-refractivity contribution in [1.82, 2.24) is 15.0 Å². The van der Waals surface area contributed by atoms with Gasteiger partial charge in [0.05, 0.1) is 18.5 Å². The molecule has 5 heteroatoms.